The molecule has 0 aromatic heterocycles. The molecule has 0 bridgehead atoms. The van der Waals surface area contributed by atoms with Gasteiger partial charge in [0.05, 0.1) is 28.6 Å². The van der Waals surface area contributed by atoms with E-state index in [2.05, 4.69) is 0 Å². The number of nitro groups is 1. The molecule has 27 heavy (non-hydrogen) atoms. The fraction of sp³-hybridized carbons (Fsp3) is 0.100. The molecule has 3 rings (SSSR count). The van der Waals surface area contributed by atoms with Crippen LogP contribution in [0, 0.1) is 15.9 Å². The molecule has 0 radical (unpaired) electrons. The van der Waals surface area contributed by atoms with E-state index in [1.165, 1.54) is 43.5 Å². The van der Waals surface area contributed by atoms with Gasteiger partial charge in [-0.3, -0.25) is 14.3 Å². The van der Waals surface area contributed by atoms with Crippen molar-refractivity contribution in [1.82, 2.24) is 0 Å². The first-order valence-electron chi connectivity index (χ1n) is 8.03. The number of halogens is 1. The monoisotopic (exact) mass is 385 g/mol. The fourth-order valence-electron chi connectivity index (χ4n) is 2.68. The van der Waals surface area contributed by atoms with Gasteiger partial charge in [0.25, 0.3) is 5.69 Å². The Morgan fingerprint density at radius 2 is 1.81 bits per heavy atom. The van der Waals surface area contributed by atoms with E-state index in [1.807, 2.05) is 0 Å². The van der Waals surface area contributed by atoms with Crippen LogP contribution in [-0.4, -0.2) is 16.2 Å². The molecule has 0 saturated carbocycles. The van der Waals surface area contributed by atoms with Crippen LogP contribution >= 0.6 is 0 Å². The molecule has 3 aromatic rings. The minimum Gasteiger partial charge on any atom is -0.496 e. The van der Waals surface area contributed by atoms with Crippen molar-refractivity contribution in [3.8, 4) is 16.9 Å². The second-order valence-corrected chi connectivity index (χ2v) is 7.24. The maximum atomic E-state index is 13.0. The smallest absolute Gasteiger partial charge is 0.270 e. The van der Waals surface area contributed by atoms with E-state index in [0.717, 1.165) is 5.56 Å². The Hall–Kier alpha value is -3.06. The SMILES string of the molecule is COc1ccc(CS(=O)c2ccc(F)cc2)cc1-c1cccc([N+](=O)[O-])c1. The fourth-order valence-corrected chi connectivity index (χ4v) is 3.77. The Balaban J connectivity index is 1.94. The van der Waals surface area contributed by atoms with Crippen LogP contribution in [0.4, 0.5) is 10.1 Å². The molecule has 0 aliphatic heterocycles. The zero-order valence-electron chi connectivity index (χ0n) is 14.4. The molecular weight excluding hydrogens is 369 g/mol. The van der Waals surface area contributed by atoms with Gasteiger partial charge in [-0.1, -0.05) is 18.2 Å². The maximum Gasteiger partial charge on any atom is 0.270 e. The zero-order chi connectivity index (χ0) is 19.4. The first-order chi connectivity index (χ1) is 13.0. The van der Waals surface area contributed by atoms with E-state index in [1.54, 1.807) is 30.3 Å². The van der Waals surface area contributed by atoms with Crippen molar-refractivity contribution in [2.75, 3.05) is 7.11 Å². The molecule has 0 heterocycles. The summed E-state index contributed by atoms with van der Waals surface area (Å²) in [4.78, 5) is 11.1. The molecule has 138 valence electrons. The molecule has 0 spiro atoms. The van der Waals surface area contributed by atoms with Gasteiger partial charge in [-0.25, -0.2) is 4.39 Å². The van der Waals surface area contributed by atoms with Gasteiger partial charge < -0.3 is 4.74 Å². The van der Waals surface area contributed by atoms with Crippen LogP contribution in [0.25, 0.3) is 11.1 Å². The summed E-state index contributed by atoms with van der Waals surface area (Å²) in [6.07, 6.45) is 0. The lowest BCUT2D eigenvalue weighted by Gasteiger charge is -2.11. The number of ether oxygens (including phenoxy) is 1. The number of hydrogen-bond acceptors (Lipinski definition) is 4. The molecule has 0 saturated heterocycles. The normalized spacial score (nSPS) is 11.8. The van der Waals surface area contributed by atoms with Crippen LogP contribution < -0.4 is 4.74 Å². The average Bonchev–Trinajstić information content (AvgIpc) is 2.68. The lowest BCUT2D eigenvalue weighted by atomic mass is 10.0. The van der Waals surface area contributed by atoms with Crippen LogP contribution in [0.1, 0.15) is 5.56 Å². The number of benzene rings is 3. The molecule has 3 aromatic carbocycles. The van der Waals surface area contributed by atoms with E-state index in [-0.39, 0.29) is 17.3 Å². The molecule has 1 unspecified atom stereocenters. The molecular formula is C20H16FNO4S. The predicted molar refractivity (Wildman–Crippen MR) is 102 cm³/mol. The first kappa shape index (κ1) is 18.7. The van der Waals surface area contributed by atoms with Gasteiger partial charge in [0.15, 0.2) is 0 Å². The van der Waals surface area contributed by atoms with Crippen molar-refractivity contribution in [3.05, 3.63) is 88.2 Å². The number of hydrogen-bond donors (Lipinski definition) is 0. The summed E-state index contributed by atoms with van der Waals surface area (Å²) >= 11 is 0. The van der Waals surface area contributed by atoms with E-state index < -0.39 is 15.7 Å². The van der Waals surface area contributed by atoms with Crippen molar-refractivity contribution < 1.29 is 18.3 Å². The molecule has 7 heteroatoms. The highest BCUT2D eigenvalue weighted by Crippen LogP contribution is 2.33. The third-order valence-electron chi connectivity index (χ3n) is 4.01. The topological polar surface area (TPSA) is 69.4 Å². The van der Waals surface area contributed by atoms with E-state index in [4.69, 9.17) is 4.74 Å². The molecule has 0 amide bonds. The van der Waals surface area contributed by atoms with Crippen molar-refractivity contribution in [1.29, 1.82) is 0 Å². The zero-order valence-corrected chi connectivity index (χ0v) is 15.2. The number of nitro benzene ring substituents is 1. The average molecular weight is 385 g/mol. The summed E-state index contributed by atoms with van der Waals surface area (Å²) in [6, 6.07) is 17.1. The summed E-state index contributed by atoms with van der Waals surface area (Å²) in [6.45, 7) is 0. The highest BCUT2D eigenvalue weighted by molar-refractivity contribution is 7.84. The molecule has 1 atom stereocenters. The number of nitrogens with zero attached hydrogens (tertiary/aromatic N) is 1. The van der Waals surface area contributed by atoms with Gasteiger partial charge in [-0.05, 0) is 47.5 Å². The van der Waals surface area contributed by atoms with Crippen LogP contribution in [0.3, 0.4) is 0 Å². The molecule has 0 aliphatic carbocycles. The third kappa shape index (κ3) is 4.38. The van der Waals surface area contributed by atoms with Crippen LogP contribution in [0.2, 0.25) is 0 Å². The first-order valence-corrected chi connectivity index (χ1v) is 9.35. The largest absolute Gasteiger partial charge is 0.496 e. The van der Waals surface area contributed by atoms with Crippen molar-refractivity contribution in [2.24, 2.45) is 0 Å². The second-order valence-electron chi connectivity index (χ2n) is 5.79. The van der Waals surface area contributed by atoms with Gasteiger partial charge in [0.2, 0.25) is 0 Å². The molecule has 5 nitrogen and oxygen atoms in total. The van der Waals surface area contributed by atoms with Crippen molar-refractivity contribution >= 4 is 16.5 Å². The van der Waals surface area contributed by atoms with E-state index in [9.17, 15) is 18.7 Å². The van der Waals surface area contributed by atoms with Crippen molar-refractivity contribution in [2.45, 2.75) is 10.6 Å². The lowest BCUT2D eigenvalue weighted by molar-refractivity contribution is -0.384. The van der Waals surface area contributed by atoms with Gasteiger partial charge in [0, 0.05) is 22.6 Å². The van der Waals surface area contributed by atoms with Crippen molar-refractivity contribution in [3.63, 3.8) is 0 Å². The number of methoxy groups -OCH3 is 1. The van der Waals surface area contributed by atoms with Gasteiger partial charge in [-0.15, -0.1) is 0 Å². The molecule has 0 N–H and O–H groups in total. The minimum atomic E-state index is -1.34. The quantitative estimate of drug-likeness (QED) is 0.455. The van der Waals surface area contributed by atoms with Crippen LogP contribution in [0.5, 0.6) is 5.75 Å². The van der Waals surface area contributed by atoms with Crippen LogP contribution in [-0.2, 0) is 16.6 Å². The molecule has 0 fully saturated rings. The highest BCUT2D eigenvalue weighted by Gasteiger charge is 2.13. The summed E-state index contributed by atoms with van der Waals surface area (Å²) in [7, 11) is 0.177. The Morgan fingerprint density at radius 3 is 2.48 bits per heavy atom. The van der Waals surface area contributed by atoms with Gasteiger partial charge in [-0.2, -0.15) is 0 Å². The lowest BCUT2D eigenvalue weighted by Crippen LogP contribution is -1.98. The minimum absolute atomic E-state index is 0.0187. The molecule has 0 aliphatic rings. The van der Waals surface area contributed by atoms with E-state index in [0.29, 0.717) is 21.8 Å². The standard InChI is InChI=1S/C20H16FNO4S/c1-26-20-10-5-14(13-27(25)18-8-6-16(21)7-9-18)11-19(20)15-3-2-4-17(12-15)22(23)24/h2-12H,13H2,1H3. The summed E-state index contributed by atoms with van der Waals surface area (Å²) in [5.74, 6) is 0.414. The van der Waals surface area contributed by atoms with Gasteiger partial charge in [0.1, 0.15) is 11.6 Å². The van der Waals surface area contributed by atoms with Crippen LogP contribution in [0.15, 0.2) is 71.6 Å². The van der Waals surface area contributed by atoms with Gasteiger partial charge >= 0.3 is 0 Å². The third-order valence-corrected chi connectivity index (χ3v) is 5.40. The Labute approximate surface area is 158 Å². The Bertz CT molecular complexity index is 1010. The predicted octanol–water partition coefficient (Wildman–Crippen LogP) is 4.72. The Morgan fingerprint density at radius 1 is 1.07 bits per heavy atom. The summed E-state index contributed by atoms with van der Waals surface area (Å²) < 4.78 is 30.9. The number of non-ortho nitro benzene ring substituents is 1. The Kier molecular flexibility index (Phi) is 5.61. The van der Waals surface area contributed by atoms with E-state index >= 15 is 0 Å². The summed E-state index contributed by atoms with van der Waals surface area (Å²) in [5.41, 5.74) is 2.07. The maximum absolute atomic E-state index is 13.0. The number of rotatable bonds is 6. The second kappa shape index (κ2) is 8.09. The highest BCUT2D eigenvalue weighted by atomic mass is 32.2. The summed E-state index contributed by atoms with van der Waals surface area (Å²) in [5, 5.41) is 11.0.